The third-order valence-corrected chi connectivity index (χ3v) is 5.47. The van der Waals surface area contributed by atoms with E-state index >= 15 is 0 Å². The number of piperidine rings is 1. The molecule has 0 aliphatic carbocycles. The number of rotatable bonds is 7. The maximum absolute atomic E-state index is 12.6. The summed E-state index contributed by atoms with van der Waals surface area (Å²) in [6, 6.07) is 18.4. The number of aliphatic imine (C=N–C) groups is 1. The number of anilines is 1. The van der Waals surface area contributed by atoms with Crippen LogP contribution >= 0.6 is 12.2 Å². The monoisotopic (exact) mass is 393 g/mol. The third-order valence-electron chi connectivity index (χ3n) is 5.38. The summed E-state index contributed by atoms with van der Waals surface area (Å²) in [5, 5.41) is 2.47. The maximum Gasteiger partial charge on any atom is 0.226 e. The van der Waals surface area contributed by atoms with Crippen molar-refractivity contribution in [2.75, 3.05) is 24.5 Å². The molecule has 1 heterocycles. The number of amides is 1. The van der Waals surface area contributed by atoms with Crippen molar-refractivity contribution in [3.63, 3.8) is 0 Å². The molecule has 28 heavy (non-hydrogen) atoms. The van der Waals surface area contributed by atoms with E-state index in [1.54, 1.807) is 0 Å². The normalized spacial score (nSPS) is 15.0. The van der Waals surface area contributed by atoms with Crippen molar-refractivity contribution >= 4 is 34.7 Å². The zero-order chi connectivity index (χ0) is 19.8. The standard InChI is InChI=1S/C23H27N3OS/c1-2-23(27)26(20-9-4-3-5-10-20)21-13-16-25(17-14-21)15-12-19-8-6-7-11-22(19)24-18-28/h3-11,21H,2,12-17H2,1H3. The smallest absolute Gasteiger partial charge is 0.226 e. The Morgan fingerprint density at radius 3 is 2.50 bits per heavy atom. The molecule has 1 aliphatic rings. The lowest BCUT2D eigenvalue weighted by Crippen LogP contribution is -2.47. The van der Waals surface area contributed by atoms with Crippen LogP contribution in [0.2, 0.25) is 0 Å². The molecule has 0 unspecified atom stereocenters. The molecule has 1 saturated heterocycles. The number of hydrogen-bond acceptors (Lipinski definition) is 4. The van der Waals surface area contributed by atoms with Gasteiger partial charge < -0.3 is 9.80 Å². The van der Waals surface area contributed by atoms with Crippen LogP contribution in [0, 0.1) is 0 Å². The van der Waals surface area contributed by atoms with Crippen molar-refractivity contribution in [2.45, 2.75) is 38.6 Å². The van der Waals surface area contributed by atoms with Crippen LogP contribution < -0.4 is 4.90 Å². The predicted molar refractivity (Wildman–Crippen MR) is 119 cm³/mol. The molecule has 146 valence electrons. The van der Waals surface area contributed by atoms with E-state index in [0.29, 0.717) is 6.42 Å². The van der Waals surface area contributed by atoms with Gasteiger partial charge in [-0.15, -0.1) is 0 Å². The number of isothiocyanates is 1. The molecule has 0 radical (unpaired) electrons. The van der Waals surface area contributed by atoms with Crippen molar-refractivity contribution in [1.82, 2.24) is 4.90 Å². The molecule has 0 bridgehead atoms. The fourth-order valence-corrected chi connectivity index (χ4v) is 3.98. The zero-order valence-electron chi connectivity index (χ0n) is 16.4. The second-order valence-corrected chi connectivity index (χ2v) is 7.29. The van der Waals surface area contributed by atoms with Gasteiger partial charge in [0.05, 0.1) is 10.8 Å². The average molecular weight is 394 g/mol. The molecule has 1 aliphatic heterocycles. The van der Waals surface area contributed by atoms with Gasteiger partial charge in [0.25, 0.3) is 0 Å². The molecule has 4 nitrogen and oxygen atoms in total. The summed E-state index contributed by atoms with van der Waals surface area (Å²) in [4.78, 5) is 21.3. The van der Waals surface area contributed by atoms with Crippen molar-refractivity contribution in [1.29, 1.82) is 0 Å². The molecular formula is C23H27N3OS. The van der Waals surface area contributed by atoms with Gasteiger partial charge in [0.15, 0.2) is 0 Å². The fraction of sp³-hybridized carbons (Fsp3) is 0.391. The van der Waals surface area contributed by atoms with Crippen LogP contribution in [-0.2, 0) is 11.2 Å². The van der Waals surface area contributed by atoms with Gasteiger partial charge in [-0.3, -0.25) is 4.79 Å². The van der Waals surface area contributed by atoms with E-state index in [1.807, 2.05) is 60.4 Å². The minimum atomic E-state index is 0.205. The number of para-hydroxylation sites is 2. The van der Waals surface area contributed by atoms with E-state index in [2.05, 4.69) is 21.1 Å². The lowest BCUT2D eigenvalue weighted by Gasteiger charge is -2.38. The highest BCUT2D eigenvalue weighted by atomic mass is 32.1. The minimum Gasteiger partial charge on any atom is -0.309 e. The van der Waals surface area contributed by atoms with E-state index in [-0.39, 0.29) is 11.9 Å². The molecule has 0 N–H and O–H groups in total. The topological polar surface area (TPSA) is 35.9 Å². The molecule has 0 atom stereocenters. The van der Waals surface area contributed by atoms with E-state index in [1.165, 1.54) is 5.56 Å². The highest BCUT2D eigenvalue weighted by Gasteiger charge is 2.28. The van der Waals surface area contributed by atoms with Crippen LogP contribution in [0.5, 0.6) is 0 Å². The van der Waals surface area contributed by atoms with Crippen LogP contribution in [0.1, 0.15) is 31.7 Å². The molecular weight excluding hydrogens is 366 g/mol. The number of carbonyl (C=O) groups is 1. The lowest BCUT2D eigenvalue weighted by molar-refractivity contribution is -0.119. The van der Waals surface area contributed by atoms with Crippen LogP contribution in [-0.4, -0.2) is 41.6 Å². The highest BCUT2D eigenvalue weighted by molar-refractivity contribution is 7.78. The largest absolute Gasteiger partial charge is 0.309 e. The van der Waals surface area contributed by atoms with Gasteiger partial charge in [-0.25, -0.2) is 0 Å². The SMILES string of the molecule is CCC(=O)N(c1ccccc1)C1CCN(CCc2ccccc2N=C=S)CC1. The van der Waals surface area contributed by atoms with Gasteiger partial charge in [0.1, 0.15) is 0 Å². The number of nitrogens with zero attached hydrogens (tertiary/aromatic N) is 3. The maximum atomic E-state index is 12.6. The quantitative estimate of drug-likeness (QED) is 0.497. The second-order valence-electron chi connectivity index (χ2n) is 7.11. The van der Waals surface area contributed by atoms with Crippen LogP contribution in [0.4, 0.5) is 11.4 Å². The Bertz CT molecular complexity index is 825. The number of hydrogen-bond donors (Lipinski definition) is 0. The number of thiocarbonyl (C=S) groups is 1. The van der Waals surface area contributed by atoms with Crippen LogP contribution in [0.15, 0.2) is 59.6 Å². The van der Waals surface area contributed by atoms with Crippen molar-refractivity contribution in [3.05, 3.63) is 60.2 Å². The molecule has 2 aromatic carbocycles. The second kappa shape index (κ2) is 10.3. The first-order valence-electron chi connectivity index (χ1n) is 9.98. The summed E-state index contributed by atoms with van der Waals surface area (Å²) in [5.74, 6) is 0.205. The van der Waals surface area contributed by atoms with Crippen LogP contribution in [0.25, 0.3) is 0 Å². The summed E-state index contributed by atoms with van der Waals surface area (Å²) in [7, 11) is 0. The predicted octanol–water partition coefficient (Wildman–Crippen LogP) is 4.87. The van der Waals surface area contributed by atoms with Crippen molar-refractivity contribution in [3.8, 4) is 0 Å². The molecule has 1 fully saturated rings. The molecule has 2 aromatic rings. The average Bonchev–Trinajstić information content (AvgIpc) is 2.75. The summed E-state index contributed by atoms with van der Waals surface area (Å²) < 4.78 is 0. The summed E-state index contributed by atoms with van der Waals surface area (Å²) in [6.45, 7) is 4.94. The molecule has 0 saturated carbocycles. The Labute approximate surface area is 172 Å². The van der Waals surface area contributed by atoms with Gasteiger partial charge in [-0.1, -0.05) is 43.3 Å². The first-order valence-corrected chi connectivity index (χ1v) is 10.4. The van der Waals surface area contributed by atoms with Gasteiger partial charge in [0.2, 0.25) is 5.91 Å². The lowest BCUT2D eigenvalue weighted by atomic mass is 10.0. The van der Waals surface area contributed by atoms with E-state index in [4.69, 9.17) is 12.2 Å². The van der Waals surface area contributed by atoms with Gasteiger partial charge in [0, 0.05) is 37.8 Å². The van der Waals surface area contributed by atoms with Gasteiger partial charge >= 0.3 is 0 Å². The number of benzene rings is 2. The van der Waals surface area contributed by atoms with Crippen molar-refractivity contribution in [2.24, 2.45) is 4.99 Å². The van der Waals surface area contributed by atoms with Gasteiger partial charge in [-0.2, -0.15) is 4.99 Å². The molecule has 1 amide bonds. The molecule has 3 rings (SSSR count). The minimum absolute atomic E-state index is 0.205. The number of carbonyl (C=O) groups excluding carboxylic acids is 1. The molecule has 0 aromatic heterocycles. The fourth-order valence-electron chi connectivity index (χ4n) is 3.88. The van der Waals surface area contributed by atoms with E-state index in [0.717, 1.165) is 50.3 Å². The first kappa shape index (κ1) is 20.4. The van der Waals surface area contributed by atoms with Crippen molar-refractivity contribution < 1.29 is 4.79 Å². The Morgan fingerprint density at radius 2 is 1.82 bits per heavy atom. The Kier molecular flexibility index (Phi) is 7.49. The molecule has 5 heteroatoms. The third kappa shape index (κ3) is 5.14. The Morgan fingerprint density at radius 1 is 1.14 bits per heavy atom. The zero-order valence-corrected chi connectivity index (χ0v) is 17.2. The Balaban J connectivity index is 1.59. The van der Waals surface area contributed by atoms with E-state index in [9.17, 15) is 4.79 Å². The van der Waals surface area contributed by atoms with Crippen LogP contribution in [0.3, 0.4) is 0 Å². The van der Waals surface area contributed by atoms with E-state index < -0.39 is 0 Å². The molecule has 0 spiro atoms. The summed E-state index contributed by atoms with van der Waals surface area (Å²) in [6.07, 6.45) is 3.48. The summed E-state index contributed by atoms with van der Waals surface area (Å²) in [5.41, 5.74) is 3.13. The highest BCUT2D eigenvalue weighted by Crippen LogP contribution is 2.25. The first-order chi connectivity index (χ1) is 13.7. The van der Waals surface area contributed by atoms with Gasteiger partial charge in [-0.05, 0) is 55.2 Å². The summed E-state index contributed by atoms with van der Waals surface area (Å²) >= 11 is 4.75. The number of likely N-dealkylation sites (tertiary alicyclic amines) is 1. The Hall–Kier alpha value is -2.33.